The van der Waals surface area contributed by atoms with Crippen LogP contribution in [0.1, 0.15) is 72.6 Å². The van der Waals surface area contributed by atoms with E-state index in [0.29, 0.717) is 43.7 Å². The highest BCUT2D eigenvalue weighted by atomic mass is 32.2. The minimum Gasteiger partial charge on any atom is -0.351 e. The number of benzene rings is 1. The van der Waals surface area contributed by atoms with Gasteiger partial charge in [-0.3, -0.25) is 19.2 Å². The Morgan fingerprint density at radius 3 is 2.41 bits per heavy atom. The van der Waals surface area contributed by atoms with E-state index < -0.39 is 45.7 Å². The van der Waals surface area contributed by atoms with Gasteiger partial charge in [0.2, 0.25) is 17.7 Å². The molecule has 4 N–H and O–H groups in total. The summed E-state index contributed by atoms with van der Waals surface area (Å²) in [5, 5.41) is 13.7. The smallest absolute Gasteiger partial charge is 0.270 e. The van der Waals surface area contributed by atoms with Crippen LogP contribution in [0, 0.1) is 5.92 Å². The van der Waals surface area contributed by atoms with Crippen molar-refractivity contribution in [3.05, 3.63) is 52.0 Å². The second-order valence-corrected chi connectivity index (χ2v) is 13.7. The van der Waals surface area contributed by atoms with Crippen molar-refractivity contribution in [3.63, 3.8) is 0 Å². The Morgan fingerprint density at radius 2 is 1.71 bits per heavy atom. The third-order valence-corrected chi connectivity index (χ3v) is 10.1. The van der Waals surface area contributed by atoms with Crippen molar-refractivity contribution in [2.45, 2.75) is 70.0 Å². The summed E-state index contributed by atoms with van der Waals surface area (Å²) in [6.07, 6.45) is 2.60. The lowest BCUT2D eigenvalue weighted by molar-refractivity contribution is -0.133. The molecule has 2 aliphatic heterocycles. The lowest BCUT2D eigenvalue weighted by Gasteiger charge is -2.27. The fourth-order valence-electron chi connectivity index (χ4n) is 4.98. The highest BCUT2D eigenvalue weighted by Gasteiger charge is 2.32. The van der Waals surface area contributed by atoms with E-state index in [1.807, 2.05) is 30.3 Å². The number of carbonyl (C=O) groups excluding carboxylic acids is 4. The van der Waals surface area contributed by atoms with Crippen LogP contribution in [0.4, 0.5) is 0 Å². The third kappa shape index (κ3) is 8.59. The quantitative estimate of drug-likeness (QED) is 0.404. The molecule has 13 heteroatoms. The summed E-state index contributed by atoms with van der Waals surface area (Å²) in [5.41, 5.74) is 1.26. The maximum Gasteiger partial charge on any atom is 0.270 e. The first-order valence-corrected chi connectivity index (χ1v) is 16.7. The minimum atomic E-state index is -3.13. The first kappa shape index (κ1) is 30.6. The topological polar surface area (TPSA) is 163 Å². The Balaban J connectivity index is 1.52. The molecule has 1 saturated heterocycles. The first-order chi connectivity index (χ1) is 19.6. The second kappa shape index (κ2) is 14.0. The van der Waals surface area contributed by atoms with Gasteiger partial charge in [0.05, 0.1) is 17.5 Å². The van der Waals surface area contributed by atoms with Gasteiger partial charge in [-0.05, 0) is 50.5 Å². The van der Waals surface area contributed by atoms with Crippen molar-refractivity contribution in [2.75, 3.05) is 18.1 Å². The molecule has 4 rings (SSSR count). The molecule has 0 unspecified atom stereocenters. The van der Waals surface area contributed by atoms with E-state index in [0.717, 1.165) is 5.56 Å². The zero-order chi connectivity index (χ0) is 29.4. The summed E-state index contributed by atoms with van der Waals surface area (Å²) in [5.74, 6) is -2.13. The number of nitrogens with one attached hydrogen (secondary N) is 4. The normalized spacial score (nSPS) is 24.5. The summed E-state index contributed by atoms with van der Waals surface area (Å²) in [6, 6.07) is 7.34. The number of rotatable bonds is 5. The number of hydrogen-bond donors (Lipinski definition) is 4. The molecular formula is C28H37N5O6S2. The Labute approximate surface area is 244 Å². The highest BCUT2D eigenvalue weighted by molar-refractivity contribution is 7.91. The number of thiazole rings is 1. The summed E-state index contributed by atoms with van der Waals surface area (Å²) < 4.78 is 23.6. The molecule has 0 aliphatic carbocycles. The molecule has 0 radical (unpaired) electrons. The van der Waals surface area contributed by atoms with Gasteiger partial charge in [0.15, 0.2) is 0 Å². The Hall–Kier alpha value is -3.32. The predicted octanol–water partition coefficient (Wildman–Crippen LogP) is 1.66. The fraction of sp³-hybridized carbons (Fsp3) is 0.536. The van der Waals surface area contributed by atoms with Crippen LogP contribution >= 0.6 is 11.3 Å². The van der Waals surface area contributed by atoms with E-state index in [9.17, 15) is 27.6 Å². The van der Waals surface area contributed by atoms with Crippen LogP contribution < -0.4 is 21.3 Å². The Bertz CT molecular complexity index is 1330. The number of amides is 4. The Kier molecular flexibility index (Phi) is 10.5. The largest absolute Gasteiger partial charge is 0.351 e. The number of sulfone groups is 1. The molecule has 2 aliphatic rings. The van der Waals surface area contributed by atoms with Crippen LogP contribution in [-0.2, 0) is 30.6 Å². The van der Waals surface area contributed by atoms with E-state index in [1.54, 1.807) is 12.3 Å². The molecule has 1 fully saturated rings. The van der Waals surface area contributed by atoms with Gasteiger partial charge in [0, 0.05) is 17.8 Å². The molecule has 4 amide bonds. The average molecular weight is 604 g/mol. The van der Waals surface area contributed by atoms with E-state index >= 15 is 0 Å². The molecule has 11 nitrogen and oxygen atoms in total. The summed E-state index contributed by atoms with van der Waals surface area (Å²) in [6.45, 7) is 2.16. The summed E-state index contributed by atoms with van der Waals surface area (Å²) in [7, 11) is -3.13. The predicted molar refractivity (Wildman–Crippen MR) is 155 cm³/mol. The van der Waals surface area contributed by atoms with Gasteiger partial charge in [0.1, 0.15) is 32.6 Å². The molecular weight excluding hydrogens is 566 g/mol. The molecule has 3 heterocycles. The van der Waals surface area contributed by atoms with E-state index in [-0.39, 0.29) is 41.9 Å². The zero-order valence-corrected chi connectivity index (χ0v) is 24.7. The van der Waals surface area contributed by atoms with Crippen LogP contribution in [-0.4, -0.2) is 67.2 Å². The lowest BCUT2D eigenvalue weighted by Crippen LogP contribution is -2.55. The molecule has 41 heavy (non-hydrogen) atoms. The second-order valence-electron chi connectivity index (χ2n) is 10.5. The monoisotopic (exact) mass is 603 g/mol. The number of nitrogens with zero attached hydrogens (tertiary/aromatic N) is 1. The average Bonchev–Trinajstić information content (AvgIpc) is 3.45. The molecule has 2 aromatic rings. The van der Waals surface area contributed by atoms with Crippen molar-refractivity contribution < 1.29 is 27.6 Å². The van der Waals surface area contributed by atoms with Crippen LogP contribution in [0.3, 0.4) is 0 Å². The number of aromatic nitrogens is 1. The minimum absolute atomic E-state index is 0.0517. The maximum atomic E-state index is 13.4. The van der Waals surface area contributed by atoms with Gasteiger partial charge in [0.25, 0.3) is 5.91 Å². The van der Waals surface area contributed by atoms with Gasteiger partial charge in [-0.1, -0.05) is 37.3 Å². The molecule has 1 aromatic heterocycles. The summed E-state index contributed by atoms with van der Waals surface area (Å²) in [4.78, 5) is 57.0. The van der Waals surface area contributed by atoms with Crippen molar-refractivity contribution in [3.8, 4) is 0 Å². The molecule has 3 atom stereocenters. The number of hydrogen-bond acceptors (Lipinski definition) is 8. The number of fused-ring (bicyclic) bond motifs is 2. The lowest BCUT2D eigenvalue weighted by atomic mass is 10.00. The standard InChI is InChI=1S/C28H37N5O6S2/c1-2-20-26(36)32-22(16-18-8-4-3-5-9-18)28-33-23(17-40-28)25(35)29-13-7-6-10-21(27(37)30-20)31-24(34)19-11-14-41(38,39)15-12-19/h3-5,8-9,17,19-22H,2,6-7,10-16H2,1H3,(H,29,35)(H,30,37)(H,31,34)(H,32,36)/t20-,21+,22+/m1/s1. The van der Waals surface area contributed by atoms with Crippen molar-refractivity contribution in [1.82, 2.24) is 26.3 Å². The molecule has 1 aromatic carbocycles. The van der Waals surface area contributed by atoms with Crippen molar-refractivity contribution >= 4 is 44.8 Å². The van der Waals surface area contributed by atoms with E-state index in [2.05, 4.69) is 26.3 Å². The SMILES string of the molecule is CC[C@H]1NC(=O)[C@@H](NC(=O)C2CCS(=O)(=O)CC2)CCCCNC(=O)c2csc(n2)[C@H](Cc2ccccc2)NC1=O. The van der Waals surface area contributed by atoms with Crippen LogP contribution in [0.25, 0.3) is 0 Å². The zero-order valence-electron chi connectivity index (χ0n) is 23.1. The first-order valence-electron chi connectivity index (χ1n) is 14.0. The Morgan fingerprint density at radius 1 is 1.00 bits per heavy atom. The molecule has 0 spiro atoms. The van der Waals surface area contributed by atoms with Crippen molar-refractivity contribution in [1.29, 1.82) is 0 Å². The highest BCUT2D eigenvalue weighted by Crippen LogP contribution is 2.23. The molecule has 0 saturated carbocycles. The summed E-state index contributed by atoms with van der Waals surface area (Å²) >= 11 is 1.29. The molecule has 2 bridgehead atoms. The number of carbonyl (C=O) groups is 4. The van der Waals surface area contributed by atoms with Crippen LogP contribution in [0.5, 0.6) is 0 Å². The van der Waals surface area contributed by atoms with Gasteiger partial charge < -0.3 is 21.3 Å². The van der Waals surface area contributed by atoms with Gasteiger partial charge in [-0.25, -0.2) is 13.4 Å². The van der Waals surface area contributed by atoms with Crippen LogP contribution in [0.15, 0.2) is 35.7 Å². The van der Waals surface area contributed by atoms with Gasteiger partial charge in [-0.15, -0.1) is 11.3 Å². The third-order valence-electron chi connectivity index (χ3n) is 7.46. The fourth-order valence-corrected chi connectivity index (χ4v) is 7.32. The molecule has 222 valence electrons. The van der Waals surface area contributed by atoms with E-state index in [1.165, 1.54) is 11.3 Å². The van der Waals surface area contributed by atoms with Gasteiger partial charge >= 0.3 is 0 Å². The van der Waals surface area contributed by atoms with E-state index in [4.69, 9.17) is 0 Å². The van der Waals surface area contributed by atoms with Crippen molar-refractivity contribution in [2.24, 2.45) is 5.92 Å². The maximum absolute atomic E-state index is 13.4. The van der Waals surface area contributed by atoms with Gasteiger partial charge in [-0.2, -0.15) is 0 Å². The van der Waals surface area contributed by atoms with Crippen LogP contribution in [0.2, 0.25) is 0 Å².